The van der Waals surface area contributed by atoms with E-state index in [2.05, 4.69) is 51.0 Å². The summed E-state index contributed by atoms with van der Waals surface area (Å²) in [6.07, 6.45) is 0. The van der Waals surface area contributed by atoms with Gasteiger partial charge in [-0.3, -0.25) is 4.79 Å². The first-order valence-electron chi connectivity index (χ1n) is 10.0. The van der Waals surface area contributed by atoms with Crippen molar-refractivity contribution >= 4 is 40.8 Å². The fourth-order valence-electron chi connectivity index (χ4n) is 3.50. The highest BCUT2D eigenvalue weighted by Crippen LogP contribution is 2.25. The number of hydrogen-bond acceptors (Lipinski definition) is 6. The number of para-hydroxylation sites is 1. The molecule has 2 aromatic rings. The molecule has 1 amide bonds. The third kappa shape index (κ3) is 5.54. The van der Waals surface area contributed by atoms with Crippen LogP contribution in [0.25, 0.3) is 0 Å². The maximum Gasteiger partial charge on any atom is 0.233 e. The van der Waals surface area contributed by atoms with Crippen molar-refractivity contribution in [3.05, 3.63) is 41.0 Å². The van der Waals surface area contributed by atoms with Gasteiger partial charge in [0.15, 0.2) is 5.16 Å². The molecule has 0 radical (unpaired) electrons. The van der Waals surface area contributed by atoms with Gasteiger partial charge in [-0.05, 0) is 32.4 Å². The highest BCUT2D eigenvalue weighted by Gasteiger charge is 2.21. The molecule has 1 aliphatic rings. The van der Waals surface area contributed by atoms with E-state index in [1.807, 2.05) is 18.7 Å². The zero-order valence-electron chi connectivity index (χ0n) is 17.3. The summed E-state index contributed by atoms with van der Waals surface area (Å²) >= 11 is 7.59. The van der Waals surface area contributed by atoms with Gasteiger partial charge in [-0.2, -0.15) is 0 Å². The van der Waals surface area contributed by atoms with E-state index in [9.17, 15) is 4.79 Å². The zero-order chi connectivity index (χ0) is 20.8. The van der Waals surface area contributed by atoms with Crippen LogP contribution >= 0.6 is 23.4 Å². The summed E-state index contributed by atoms with van der Waals surface area (Å²) in [4.78, 5) is 27.7. The van der Waals surface area contributed by atoms with E-state index in [0.717, 1.165) is 32.0 Å². The molecule has 8 heteroatoms. The predicted octanol–water partition coefficient (Wildman–Crippen LogP) is 3.73. The van der Waals surface area contributed by atoms with Crippen LogP contribution in [0.2, 0.25) is 5.15 Å². The molecule has 29 heavy (non-hydrogen) atoms. The predicted molar refractivity (Wildman–Crippen MR) is 121 cm³/mol. The van der Waals surface area contributed by atoms with Crippen molar-refractivity contribution in [2.75, 3.05) is 54.8 Å². The lowest BCUT2D eigenvalue weighted by molar-refractivity contribution is -0.127. The Morgan fingerprint density at radius 3 is 2.41 bits per heavy atom. The maximum atomic E-state index is 12.2. The fourth-order valence-corrected chi connectivity index (χ4v) is 4.48. The monoisotopic (exact) mass is 433 g/mol. The van der Waals surface area contributed by atoms with E-state index in [1.165, 1.54) is 23.0 Å². The Balaban J connectivity index is 1.63. The number of carbonyl (C=O) groups excluding carboxylic acids is 1. The number of aromatic nitrogens is 2. The van der Waals surface area contributed by atoms with Crippen molar-refractivity contribution in [2.24, 2.45) is 0 Å². The minimum absolute atomic E-state index is 0.0944. The first-order valence-corrected chi connectivity index (χ1v) is 11.4. The largest absolute Gasteiger partial charge is 0.368 e. The molecule has 1 fully saturated rings. The van der Waals surface area contributed by atoms with E-state index < -0.39 is 0 Å². The van der Waals surface area contributed by atoms with Gasteiger partial charge in [0, 0.05) is 51.0 Å². The molecule has 2 heterocycles. The van der Waals surface area contributed by atoms with Gasteiger partial charge >= 0.3 is 0 Å². The van der Waals surface area contributed by atoms with Crippen LogP contribution in [-0.4, -0.2) is 65.8 Å². The summed E-state index contributed by atoms with van der Waals surface area (Å²) in [6.45, 7) is 11.1. The lowest BCUT2D eigenvalue weighted by Gasteiger charge is -2.37. The smallest absolute Gasteiger partial charge is 0.233 e. The van der Waals surface area contributed by atoms with Crippen molar-refractivity contribution in [3.8, 4) is 0 Å². The highest BCUT2D eigenvalue weighted by molar-refractivity contribution is 7.99. The van der Waals surface area contributed by atoms with Crippen LogP contribution in [-0.2, 0) is 4.79 Å². The van der Waals surface area contributed by atoms with E-state index in [-0.39, 0.29) is 5.91 Å². The van der Waals surface area contributed by atoms with Gasteiger partial charge in [-0.25, -0.2) is 9.97 Å². The molecule has 1 aromatic carbocycles. The van der Waals surface area contributed by atoms with Gasteiger partial charge in [-0.1, -0.05) is 41.6 Å². The van der Waals surface area contributed by atoms with Crippen LogP contribution in [0, 0.1) is 6.92 Å². The number of amides is 1. The number of anilines is 2. The molecule has 0 bridgehead atoms. The number of nitrogens with zero attached hydrogens (tertiary/aromatic N) is 5. The Morgan fingerprint density at radius 1 is 1.10 bits per heavy atom. The summed E-state index contributed by atoms with van der Waals surface area (Å²) in [5, 5.41) is 0.962. The summed E-state index contributed by atoms with van der Waals surface area (Å²) in [5.41, 5.74) is 2.58. The second kappa shape index (κ2) is 10.2. The standard InChI is InChI=1S/C21H28ClN5OS/c1-4-25(5-2)20(28)15-29-21-23-18(22)14-19(24-21)27-12-10-26(11-13-27)17-9-7-6-8-16(17)3/h6-9,14H,4-5,10-13,15H2,1-3H3. The fraction of sp³-hybridized carbons (Fsp3) is 0.476. The molecule has 3 rings (SSSR count). The Bertz CT molecular complexity index is 838. The molecule has 6 nitrogen and oxygen atoms in total. The molecule has 1 aliphatic heterocycles. The Hall–Kier alpha value is -1.99. The van der Waals surface area contributed by atoms with Crippen LogP contribution in [0.15, 0.2) is 35.5 Å². The molecular weight excluding hydrogens is 406 g/mol. The van der Waals surface area contributed by atoms with Gasteiger partial charge < -0.3 is 14.7 Å². The third-order valence-electron chi connectivity index (χ3n) is 5.16. The van der Waals surface area contributed by atoms with Gasteiger partial charge in [0.05, 0.1) is 5.75 Å². The van der Waals surface area contributed by atoms with E-state index in [0.29, 0.717) is 29.2 Å². The normalized spacial score (nSPS) is 14.2. The summed E-state index contributed by atoms with van der Waals surface area (Å²) in [5.74, 6) is 1.24. The molecule has 0 aliphatic carbocycles. The minimum atomic E-state index is 0.0944. The molecule has 1 saturated heterocycles. The quantitative estimate of drug-likeness (QED) is 0.377. The maximum absolute atomic E-state index is 12.2. The number of benzene rings is 1. The molecular formula is C21H28ClN5OS. The number of piperazine rings is 1. The molecule has 1 aromatic heterocycles. The van der Waals surface area contributed by atoms with E-state index in [1.54, 1.807) is 6.07 Å². The lowest BCUT2D eigenvalue weighted by atomic mass is 10.1. The minimum Gasteiger partial charge on any atom is -0.368 e. The van der Waals surface area contributed by atoms with Gasteiger partial charge in [-0.15, -0.1) is 0 Å². The first-order chi connectivity index (χ1) is 14.0. The zero-order valence-corrected chi connectivity index (χ0v) is 18.8. The van der Waals surface area contributed by atoms with Crippen molar-refractivity contribution in [1.82, 2.24) is 14.9 Å². The van der Waals surface area contributed by atoms with Crippen molar-refractivity contribution in [3.63, 3.8) is 0 Å². The van der Waals surface area contributed by atoms with Gasteiger partial charge in [0.1, 0.15) is 11.0 Å². The number of carbonyl (C=O) groups is 1. The number of aryl methyl sites for hydroxylation is 1. The summed E-state index contributed by atoms with van der Waals surface area (Å²) < 4.78 is 0. The van der Waals surface area contributed by atoms with Crippen LogP contribution in [0.4, 0.5) is 11.5 Å². The average Bonchev–Trinajstić information content (AvgIpc) is 2.73. The number of rotatable bonds is 7. The van der Waals surface area contributed by atoms with Gasteiger partial charge in [0.25, 0.3) is 0 Å². The van der Waals surface area contributed by atoms with E-state index >= 15 is 0 Å². The van der Waals surface area contributed by atoms with Crippen LogP contribution in [0.3, 0.4) is 0 Å². The van der Waals surface area contributed by atoms with Crippen molar-refractivity contribution in [2.45, 2.75) is 25.9 Å². The highest BCUT2D eigenvalue weighted by atomic mass is 35.5. The Labute approximate surface area is 182 Å². The topological polar surface area (TPSA) is 52.6 Å². The second-order valence-corrected chi connectivity index (χ2v) is 8.28. The molecule has 0 spiro atoms. The molecule has 0 atom stereocenters. The summed E-state index contributed by atoms with van der Waals surface area (Å²) in [7, 11) is 0. The van der Waals surface area contributed by atoms with E-state index in [4.69, 9.17) is 11.6 Å². The molecule has 0 unspecified atom stereocenters. The van der Waals surface area contributed by atoms with Crippen molar-refractivity contribution < 1.29 is 4.79 Å². The van der Waals surface area contributed by atoms with Crippen LogP contribution < -0.4 is 9.80 Å². The molecule has 0 N–H and O–H groups in total. The SMILES string of the molecule is CCN(CC)C(=O)CSc1nc(Cl)cc(N2CCN(c3ccccc3C)CC2)n1. The van der Waals surface area contributed by atoms with Crippen LogP contribution in [0.1, 0.15) is 19.4 Å². The lowest BCUT2D eigenvalue weighted by Crippen LogP contribution is -2.47. The van der Waals surface area contributed by atoms with Crippen LogP contribution in [0.5, 0.6) is 0 Å². The number of halogens is 1. The first kappa shape index (κ1) is 21.7. The third-order valence-corrected chi connectivity index (χ3v) is 6.19. The van der Waals surface area contributed by atoms with Crippen molar-refractivity contribution in [1.29, 1.82) is 0 Å². The average molecular weight is 434 g/mol. The van der Waals surface area contributed by atoms with Gasteiger partial charge in [0.2, 0.25) is 5.91 Å². The molecule has 0 saturated carbocycles. The summed E-state index contributed by atoms with van der Waals surface area (Å²) in [6, 6.07) is 10.3. The number of thioether (sulfide) groups is 1. The Morgan fingerprint density at radius 2 is 1.76 bits per heavy atom. The molecule has 156 valence electrons. The second-order valence-electron chi connectivity index (χ2n) is 6.95. The number of hydrogen-bond donors (Lipinski definition) is 0. The Kier molecular flexibility index (Phi) is 7.61.